The number of esters is 2. The fraction of sp³-hybridized carbons (Fsp3) is 0.771. The highest BCUT2D eigenvalue weighted by Crippen LogP contribution is 2.65. The summed E-state index contributed by atoms with van der Waals surface area (Å²) in [6.07, 6.45) is 0.399. The number of likely N-dealkylation sites (tertiary alicyclic amines) is 2. The van der Waals surface area contributed by atoms with Crippen molar-refractivity contribution in [2.45, 2.75) is 154 Å². The summed E-state index contributed by atoms with van der Waals surface area (Å²) < 4.78 is 26.4. The number of hydrogen-bond donors (Lipinski definition) is 2. The maximum absolute atomic E-state index is 15.0. The minimum Gasteiger partial charge on any atom is -0.461 e. The van der Waals surface area contributed by atoms with Crippen LogP contribution in [0.5, 0.6) is 0 Å². The maximum atomic E-state index is 15.0. The molecular formula is C35H59N2O7P. The Morgan fingerprint density at radius 1 is 0.756 bits per heavy atom. The summed E-state index contributed by atoms with van der Waals surface area (Å²) in [6.45, 7) is 19.9. The van der Waals surface area contributed by atoms with Crippen molar-refractivity contribution in [3.05, 3.63) is 35.9 Å². The molecule has 0 radical (unpaired) electrons. The lowest BCUT2D eigenvalue weighted by atomic mass is 9.67. The van der Waals surface area contributed by atoms with Gasteiger partial charge in [-0.1, -0.05) is 44.2 Å². The van der Waals surface area contributed by atoms with Crippen LogP contribution >= 0.6 is 7.60 Å². The Morgan fingerprint density at radius 3 is 1.38 bits per heavy atom. The number of carbonyl (C=O) groups is 2. The molecule has 0 bridgehead atoms. The van der Waals surface area contributed by atoms with Gasteiger partial charge in [0.2, 0.25) is 0 Å². The van der Waals surface area contributed by atoms with Crippen molar-refractivity contribution in [3.8, 4) is 0 Å². The van der Waals surface area contributed by atoms with Gasteiger partial charge in [-0.25, -0.2) is 0 Å². The van der Waals surface area contributed by atoms with Crippen LogP contribution in [0.15, 0.2) is 30.3 Å². The van der Waals surface area contributed by atoms with E-state index in [0.717, 1.165) is 0 Å². The lowest BCUT2D eigenvalue weighted by molar-refractivity contribution is -0.191. The molecule has 0 atom stereocenters. The van der Waals surface area contributed by atoms with Crippen LogP contribution in [0.3, 0.4) is 0 Å². The van der Waals surface area contributed by atoms with Gasteiger partial charge in [-0.3, -0.25) is 24.0 Å². The largest absolute Gasteiger partial charge is 0.461 e. The van der Waals surface area contributed by atoms with Gasteiger partial charge in [-0.05, 0) is 87.9 Å². The topological polar surface area (TPSA) is 117 Å². The average molecular weight is 651 g/mol. The standard InChI is InChI=1S/C35H59N2O7P/c1-13-34(14-2,45(40,41)42)35(20-25-18-16-15-17-19-25,28(38)43-26-21-30(3,4)36(11)31(5,6)22-26)29(39)44-27-23-32(7,8)37(12)33(9,10)24-27/h15-19,26-27H,13-14,20-24H2,1-12H3,(H2,40,41,42). The van der Waals surface area contributed by atoms with Gasteiger partial charge < -0.3 is 19.3 Å². The minimum atomic E-state index is -5.12. The van der Waals surface area contributed by atoms with Crippen molar-refractivity contribution in [2.24, 2.45) is 5.41 Å². The molecule has 1 aromatic carbocycles. The molecule has 0 aliphatic carbocycles. The molecule has 45 heavy (non-hydrogen) atoms. The Morgan fingerprint density at radius 2 is 1.09 bits per heavy atom. The van der Waals surface area contributed by atoms with E-state index in [9.17, 15) is 23.9 Å². The quantitative estimate of drug-likeness (QED) is 0.170. The van der Waals surface area contributed by atoms with E-state index in [1.54, 1.807) is 38.1 Å². The highest BCUT2D eigenvalue weighted by atomic mass is 31.2. The highest BCUT2D eigenvalue weighted by molar-refractivity contribution is 7.53. The molecule has 2 saturated heterocycles. The van der Waals surface area contributed by atoms with E-state index < -0.39 is 42.3 Å². The molecule has 10 heteroatoms. The molecule has 0 amide bonds. The van der Waals surface area contributed by atoms with E-state index in [2.05, 4.69) is 65.2 Å². The summed E-state index contributed by atoms with van der Waals surface area (Å²) in [5.41, 5.74) is -2.99. The summed E-state index contributed by atoms with van der Waals surface area (Å²) in [5, 5.41) is -2.06. The molecule has 0 spiro atoms. The van der Waals surface area contributed by atoms with Gasteiger partial charge in [0.05, 0.1) is 5.16 Å². The first kappa shape index (κ1) is 37.7. The third kappa shape index (κ3) is 6.94. The van der Waals surface area contributed by atoms with Gasteiger partial charge in [0.1, 0.15) is 12.2 Å². The molecule has 0 unspecified atom stereocenters. The molecule has 3 rings (SSSR count). The van der Waals surface area contributed by atoms with Crippen LogP contribution in [-0.2, 0) is 30.0 Å². The summed E-state index contributed by atoms with van der Waals surface area (Å²) in [7, 11) is -1.02. The first-order valence-electron chi connectivity index (χ1n) is 16.4. The fourth-order valence-corrected chi connectivity index (χ4v) is 10.0. The second kappa shape index (κ2) is 12.7. The molecule has 0 saturated carbocycles. The van der Waals surface area contributed by atoms with Crippen molar-refractivity contribution < 1.29 is 33.4 Å². The zero-order valence-electron chi connectivity index (χ0n) is 29.8. The number of ether oxygens (including phenoxy) is 2. The van der Waals surface area contributed by atoms with E-state index in [1.807, 2.05) is 20.2 Å². The summed E-state index contributed by atoms with van der Waals surface area (Å²) in [4.78, 5) is 56.7. The van der Waals surface area contributed by atoms with E-state index in [4.69, 9.17) is 9.47 Å². The van der Waals surface area contributed by atoms with E-state index >= 15 is 0 Å². The number of piperidine rings is 2. The van der Waals surface area contributed by atoms with Gasteiger partial charge in [0.15, 0.2) is 5.41 Å². The third-order valence-electron chi connectivity index (χ3n) is 11.6. The first-order valence-corrected chi connectivity index (χ1v) is 18.0. The van der Waals surface area contributed by atoms with Crippen molar-refractivity contribution in [1.82, 2.24) is 9.80 Å². The monoisotopic (exact) mass is 650 g/mol. The van der Waals surface area contributed by atoms with Gasteiger partial charge >= 0.3 is 19.5 Å². The number of hydrogen-bond acceptors (Lipinski definition) is 7. The van der Waals surface area contributed by atoms with Crippen LogP contribution in [0.1, 0.15) is 113 Å². The van der Waals surface area contributed by atoms with Crippen molar-refractivity contribution >= 4 is 19.5 Å². The third-order valence-corrected chi connectivity index (χ3v) is 13.7. The van der Waals surface area contributed by atoms with Crippen LogP contribution in [0.25, 0.3) is 0 Å². The smallest absolute Gasteiger partial charge is 0.333 e. The number of benzene rings is 1. The first-order chi connectivity index (χ1) is 20.4. The molecule has 2 aliphatic rings. The average Bonchev–Trinajstić information content (AvgIpc) is 2.89. The van der Waals surface area contributed by atoms with Crippen LogP contribution in [-0.4, -0.2) is 85.1 Å². The highest BCUT2D eigenvalue weighted by Gasteiger charge is 2.70. The summed E-state index contributed by atoms with van der Waals surface area (Å²) >= 11 is 0. The second-order valence-corrected chi connectivity index (χ2v) is 18.0. The Bertz CT molecular complexity index is 1170. The normalized spacial score (nSPS) is 23.0. The van der Waals surface area contributed by atoms with Crippen molar-refractivity contribution in [1.29, 1.82) is 0 Å². The second-order valence-electron chi connectivity index (χ2n) is 16.1. The molecule has 9 nitrogen and oxygen atoms in total. The van der Waals surface area contributed by atoms with Crippen LogP contribution < -0.4 is 0 Å². The molecule has 0 aromatic heterocycles. The number of nitrogens with zero attached hydrogens (tertiary/aromatic N) is 2. The summed E-state index contributed by atoms with van der Waals surface area (Å²) in [6, 6.07) is 8.95. The lowest BCUT2D eigenvalue weighted by Crippen LogP contribution is -2.64. The van der Waals surface area contributed by atoms with Crippen LogP contribution in [0.4, 0.5) is 0 Å². The predicted octanol–water partition coefficient (Wildman–Crippen LogP) is 6.34. The Balaban J connectivity index is 2.23. The van der Waals surface area contributed by atoms with Crippen molar-refractivity contribution in [3.63, 3.8) is 0 Å². The molecule has 1 aromatic rings. The molecule has 2 fully saturated rings. The van der Waals surface area contributed by atoms with E-state index in [-0.39, 0.29) is 41.4 Å². The zero-order valence-corrected chi connectivity index (χ0v) is 30.7. The van der Waals surface area contributed by atoms with Gasteiger partial charge in [-0.2, -0.15) is 0 Å². The molecule has 2 N–H and O–H groups in total. The van der Waals surface area contributed by atoms with E-state index in [0.29, 0.717) is 31.2 Å². The lowest BCUT2D eigenvalue weighted by Gasteiger charge is -2.54. The minimum absolute atomic E-state index is 0.125. The van der Waals surface area contributed by atoms with Crippen molar-refractivity contribution in [2.75, 3.05) is 14.1 Å². The molecular weight excluding hydrogens is 591 g/mol. The Labute approximate surface area is 271 Å². The van der Waals surface area contributed by atoms with Crippen LogP contribution in [0, 0.1) is 5.41 Å². The number of carbonyl (C=O) groups excluding carboxylic acids is 2. The maximum Gasteiger partial charge on any atom is 0.333 e. The van der Waals surface area contributed by atoms with Gasteiger partial charge in [-0.15, -0.1) is 0 Å². The SMILES string of the molecule is CCC(CC)(C(Cc1ccccc1)(C(=O)OC1CC(C)(C)N(C)C(C)(C)C1)C(=O)OC1CC(C)(C)N(C)C(C)(C)C1)P(=O)(O)O. The van der Waals surface area contributed by atoms with Gasteiger partial charge in [0, 0.05) is 54.3 Å². The summed E-state index contributed by atoms with van der Waals surface area (Å²) in [5.74, 6) is -1.84. The van der Waals surface area contributed by atoms with E-state index in [1.165, 1.54) is 0 Å². The Kier molecular flexibility index (Phi) is 10.6. The predicted molar refractivity (Wildman–Crippen MR) is 178 cm³/mol. The molecule has 2 heterocycles. The van der Waals surface area contributed by atoms with Crippen LogP contribution in [0.2, 0.25) is 0 Å². The molecule has 256 valence electrons. The van der Waals surface area contributed by atoms with Gasteiger partial charge in [0.25, 0.3) is 0 Å². The molecule has 2 aliphatic heterocycles. The number of rotatable bonds is 10. The Hall–Kier alpha value is -1.77. The fourth-order valence-electron chi connectivity index (χ4n) is 8.42. The zero-order chi connectivity index (χ0) is 34.4.